The van der Waals surface area contributed by atoms with Gasteiger partial charge in [0.05, 0.1) is 5.41 Å². The predicted molar refractivity (Wildman–Crippen MR) is 90.3 cm³/mol. The molecule has 0 saturated heterocycles. The quantitative estimate of drug-likeness (QED) is 0.795. The molecule has 2 aromatic carbocycles. The highest BCUT2D eigenvalue weighted by molar-refractivity contribution is 6.30. The van der Waals surface area contributed by atoms with Crippen molar-refractivity contribution >= 4 is 29.1 Å². The molecule has 4 heteroatoms. The number of halogens is 2. The van der Waals surface area contributed by atoms with Gasteiger partial charge in [0.15, 0.2) is 0 Å². The summed E-state index contributed by atoms with van der Waals surface area (Å²) in [6, 6.07) is 15.2. The molecule has 0 N–H and O–H groups in total. The zero-order valence-electron chi connectivity index (χ0n) is 12.4. The first kappa shape index (κ1) is 15.4. The third-order valence-electron chi connectivity index (χ3n) is 4.21. The Kier molecular flexibility index (Phi) is 4.16. The van der Waals surface area contributed by atoms with Gasteiger partial charge < -0.3 is 4.90 Å². The van der Waals surface area contributed by atoms with Crippen LogP contribution in [0.15, 0.2) is 48.5 Å². The fraction of sp³-hybridized carbons (Fsp3) is 0.278. The van der Waals surface area contributed by atoms with E-state index in [0.29, 0.717) is 16.6 Å². The molecular formula is C18H17Cl2NO. The first-order valence-electron chi connectivity index (χ1n) is 7.27. The SMILES string of the molecule is CN(Cc1cccc(Cl)c1)C(=O)C1(c2ccc(Cl)cc2)CC1. The summed E-state index contributed by atoms with van der Waals surface area (Å²) in [7, 11) is 1.85. The summed E-state index contributed by atoms with van der Waals surface area (Å²) in [5.41, 5.74) is 1.73. The molecule has 0 spiro atoms. The highest BCUT2D eigenvalue weighted by atomic mass is 35.5. The van der Waals surface area contributed by atoms with Crippen molar-refractivity contribution in [2.75, 3.05) is 7.05 Å². The molecule has 2 nitrogen and oxygen atoms in total. The Morgan fingerprint density at radius 2 is 1.77 bits per heavy atom. The van der Waals surface area contributed by atoms with E-state index in [2.05, 4.69) is 0 Å². The maximum atomic E-state index is 12.9. The molecule has 3 rings (SSSR count). The lowest BCUT2D eigenvalue weighted by Crippen LogP contribution is -2.36. The van der Waals surface area contributed by atoms with E-state index in [1.165, 1.54) is 0 Å². The molecule has 114 valence electrons. The molecule has 0 aliphatic heterocycles. The maximum absolute atomic E-state index is 12.9. The summed E-state index contributed by atoms with van der Waals surface area (Å²) in [6.07, 6.45) is 1.79. The lowest BCUT2D eigenvalue weighted by atomic mass is 9.94. The van der Waals surface area contributed by atoms with Crippen LogP contribution in [0.3, 0.4) is 0 Å². The van der Waals surface area contributed by atoms with E-state index in [-0.39, 0.29) is 11.3 Å². The topological polar surface area (TPSA) is 20.3 Å². The minimum Gasteiger partial charge on any atom is -0.341 e. The normalized spacial score (nSPS) is 15.4. The number of hydrogen-bond donors (Lipinski definition) is 0. The smallest absolute Gasteiger partial charge is 0.233 e. The van der Waals surface area contributed by atoms with Gasteiger partial charge in [-0.05, 0) is 48.2 Å². The van der Waals surface area contributed by atoms with E-state index in [0.717, 1.165) is 24.0 Å². The van der Waals surface area contributed by atoms with Gasteiger partial charge in [-0.15, -0.1) is 0 Å². The number of amides is 1. The number of hydrogen-bond acceptors (Lipinski definition) is 1. The van der Waals surface area contributed by atoms with Gasteiger partial charge in [-0.3, -0.25) is 4.79 Å². The number of carbonyl (C=O) groups excluding carboxylic acids is 1. The van der Waals surface area contributed by atoms with Crippen molar-refractivity contribution < 1.29 is 4.79 Å². The van der Waals surface area contributed by atoms with Crippen molar-refractivity contribution in [3.63, 3.8) is 0 Å². The van der Waals surface area contributed by atoms with E-state index in [9.17, 15) is 4.79 Å². The molecule has 1 fully saturated rings. The van der Waals surface area contributed by atoms with Crippen molar-refractivity contribution in [1.29, 1.82) is 0 Å². The van der Waals surface area contributed by atoms with Crippen LogP contribution in [0.25, 0.3) is 0 Å². The Balaban J connectivity index is 1.77. The molecule has 0 unspecified atom stereocenters. The second-order valence-electron chi connectivity index (χ2n) is 5.88. The summed E-state index contributed by atoms with van der Waals surface area (Å²) in [6.45, 7) is 0.564. The monoisotopic (exact) mass is 333 g/mol. The molecular weight excluding hydrogens is 317 g/mol. The molecule has 0 atom stereocenters. The average molecular weight is 334 g/mol. The van der Waals surface area contributed by atoms with Crippen LogP contribution in [-0.2, 0) is 16.8 Å². The maximum Gasteiger partial charge on any atom is 0.233 e. The van der Waals surface area contributed by atoms with E-state index in [1.807, 2.05) is 55.6 Å². The summed E-state index contributed by atoms with van der Waals surface area (Å²) < 4.78 is 0. The van der Waals surface area contributed by atoms with Gasteiger partial charge in [-0.25, -0.2) is 0 Å². The van der Waals surface area contributed by atoms with Crippen molar-refractivity contribution in [2.45, 2.75) is 24.8 Å². The lowest BCUT2D eigenvalue weighted by Gasteiger charge is -2.24. The molecule has 0 heterocycles. The van der Waals surface area contributed by atoms with Gasteiger partial charge in [0.25, 0.3) is 0 Å². The van der Waals surface area contributed by atoms with E-state index in [4.69, 9.17) is 23.2 Å². The van der Waals surface area contributed by atoms with E-state index >= 15 is 0 Å². The Morgan fingerprint density at radius 3 is 2.36 bits per heavy atom. The van der Waals surface area contributed by atoms with Gasteiger partial charge in [0, 0.05) is 23.6 Å². The van der Waals surface area contributed by atoms with E-state index < -0.39 is 0 Å². The largest absolute Gasteiger partial charge is 0.341 e. The molecule has 1 aliphatic rings. The molecule has 0 aromatic heterocycles. The Labute approximate surface area is 140 Å². The number of likely N-dealkylation sites (N-methyl/N-ethyl adjacent to an activating group) is 1. The summed E-state index contributed by atoms with van der Waals surface area (Å²) in [4.78, 5) is 14.6. The molecule has 1 saturated carbocycles. The second-order valence-corrected chi connectivity index (χ2v) is 6.75. The van der Waals surface area contributed by atoms with Gasteiger partial charge in [0.1, 0.15) is 0 Å². The zero-order valence-corrected chi connectivity index (χ0v) is 13.9. The molecule has 1 aliphatic carbocycles. The number of nitrogens with zero attached hydrogens (tertiary/aromatic N) is 1. The first-order chi connectivity index (χ1) is 10.5. The second kappa shape index (κ2) is 5.94. The molecule has 0 radical (unpaired) electrons. The number of benzene rings is 2. The summed E-state index contributed by atoms with van der Waals surface area (Å²) >= 11 is 11.9. The zero-order chi connectivity index (χ0) is 15.7. The molecule has 2 aromatic rings. The lowest BCUT2D eigenvalue weighted by molar-refractivity contribution is -0.133. The molecule has 0 bridgehead atoms. The summed E-state index contributed by atoms with van der Waals surface area (Å²) in [5, 5.41) is 1.39. The fourth-order valence-corrected chi connectivity index (χ4v) is 3.21. The van der Waals surface area contributed by atoms with Crippen LogP contribution in [0.2, 0.25) is 10.0 Å². The summed E-state index contributed by atoms with van der Waals surface area (Å²) in [5.74, 6) is 0.162. The Morgan fingerprint density at radius 1 is 1.09 bits per heavy atom. The fourth-order valence-electron chi connectivity index (χ4n) is 2.87. The van der Waals surface area contributed by atoms with Gasteiger partial charge in [-0.1, -0.05) is 47.5 Å². The van der Waals surface area contributed by atoms with Crippen LogP contribution in [0, 0.1) is 0 Å². The Hall–Kier alpha value is -1.51. The minimum atomic E-state index is -0.363. The Bertz CT molecular complexity index is 692. The van der Waals surface area contributed by atoms with Crippen molar-refractivity contribution in [3.05, 3.63) is 69.7 Å². The van der Waals surface area contributed by atoms with Crippen molar-refractivity contribution in [1.82, 2.24) is 4.90 Å². The predicted octanol–water partition coefficient (Wildman–Crippen LogP) is 4.68. The highest BCUT2D eigenvalue weighted by Gasteiger charge is 2.52. The van der Waals surface area contributed by atoms with Crippen molar-refractivity contribution in [2.24, 2.45) is 0 Å². The highest BCUT2D eigenvalue weighted by Crippen LogP contribution is 2.49. The van der Waals surface area contributed by atoms with Crippen LogP contribution in [0.4, 0.5) is 0 Å². The van der Waals surface area contributed by atoms with Gasteiger partial charge in [-0.2, -0.15) is 0 Å². The average Bonchev–Trinajstić information content (AvgIpc) is 3.29. The van der Waals surface area contributed by atoms with Crippen LogP contribution in [0.5, 0.6) is 0 Å². The third kappa shape index (κ3) is 2.99. The van der Waals surface area contributed by atoms with Crippen LogP contribution < -0.4 is 0 Å². The van der Waals surface area contributed by atoms with Crippen LogP contribution in [0.1, 0.15) is 24.0 Å². The third-order valence-corrected chi connectivity index (χ3v) is 4.70. The van der Waals surface area contributed by atoms with Crippen LogP contribution >= 0.6 is 23.2 Å². The van der Waals surface area contributed by atoms with Gasteiger partial charge >= 0.3 is 0 Å². The van der Waals surface area contributed by atoms with Crippen LogP contribution in [-0.4, -0.2) is 17.9 Å². The number of carbonyl (C=O) groups is 1. The minimum absolute atomic E-state index is 0.162. The number of rotatable bonds is 4. The molecule has 1 amide bonds. The first-order valence-corrected chi connectivity index (χ1v) is 8.03. The van der Waals surface area contributed by atoms with E-state index in [1.54, 1.807) is 4.90 Å². The standard InChI is InChI=1S/C18H17Cl2NO/c1-21(12-13-3-2-4-16(20)11-13)17(22)18(9-10-18)14-5-7-15(19)8-6-14/h2-8,11H,9-10,12H2,1H3. The molecule has 22 heavy (non-hydrogen) atoms. The van der Waals surface area contributed by atoms with Gasteiger partial charge in [0.2, 0.25) is 5.91 Å². The van der Waals surface area contributed by atoms with Crippen molar-refractivity contribution in [3.8, 4) is 0 Å².